The van der Waals surface area contributed by atoms with Crippen molar-refractivity contribution in [1.29, 1.82) is 0 Å². The maximum absolute atomic E-state index is 13.7. The minimum Gasteiger partial charge on any atom is -0.507 e. The van der Waals surface area contributed by atoms with E-state index >= 15 is 0 Å². The number of phenols is 1. The van der Waals surface area contributed by atoms with Gasteiger partial charge in [-0.2, -0.15) is 0 Å². The summed E-state index contributed by atoms with van der Waals surface area (Å²) in [5, 5.41) is 14.3. The second-order valence-electron chi connectivity index (χ2n) is 11.6. The Morgan fingerprint density at radius 2 is 1.69 bits per heavy atom. The first kappa shape index (κ1) is 25.7. The number of carbonyl (C=O) groups is 5. The molecule has 0 radical (unpaired) electrons. The van der Waals surface area contributed by atoms with Gasteiger partial charge in [0.05, 0.1) is 23.9 Å². The number of phenolic OH excluding ortho intramolecular Hbond substituents is 1. The summed E-state index contributed by atoms with van der Waals surface area (Å²) in [5.74, 6) is -7.35. The summed E-state index contributed by atoms with van der Waals surface area (Å²) in [6, 6.07) is 7.38. The van der Waals surface area contributed by atoms with Crippen LogP contribution < -0.4 is 11.1 Å². The van der Waals surface area contributed by atoms with Crippen LogP contribution in [-0.4, -0.2) is 40.2 Å². The van der Waals surface area contributed by atoms with E-state index in [-0.39, 0.29) is 17.7 Å². The number of furan rings is 1. The average molecular weight is 533 g/mol. The molecule has 9 nitrogen and oxygen atoms in total. The molecule has 5 atom stereocenters. The number of primary amides is 1. The van der Waals surface area contributed by atoms with Crippen molar-refractivity contribution in [2.75, 3.05) is 0 Å². The Kier molecular flexibility index (Phi) is 6.49. The lowest BCUT2D eigenvalue weighted by molar-refractivity contribution is -0.152. The monoisotopic (exact) mass is 532 g/mol. The minimum atomic E-state index is -1.64. The number of aromatic hydroxyl groups is 1. The quantitative estimate of drug-likeness (QED) is 0.496. The van der Waals surface area contributed by atoms with Crippen LogP contribution in [0.2, 0.25) is 0 Å². The topological polar surface area (TPSA) is 157 Å². The van der Waals surface area contributed by atoms with Crippen molar-refractivity contribution in [1.82, 2.24) is 5.32 Å². The summed E-state index contributed by atoms with van der Waals surface area (Å²) in [7, 11) is 0. The van der Waals surface area contributed by atoms with Crippen LogP contribution >= 0.6 is 0 Å². The molecule has 5 unspecified atom stereocenters. The molecule has 204 valence electrons. The molecule has 4 aliphatic carbocycles. The zero-order valence-electron chi connectivity index (χ0n) is 21.6. The molecule has 0 bridgehead atoms. The van der Waals surface area contributed by atoms with E-state index < -0.39 is 58.6 Å². The Balaban J connectivity index is 1.29. The molecule has 1 aromatic heterocycles. The first-order chi connectivity index (χ1) is 18.7. The molecule has 0 spiro atoms. The van der Waals surface area contributed by atoms with Crippen LogP contribution in [0.3, 0.4) is 0 Å². The van der Waals surface area contributed by atoms with Gasteiger partial charge >= 0.3 is 0 Å². The second-order valence-corrected chi connectivity index (χ2v) is 11.6. The van der Waals surface area contributed by atoms with E-state index in [0.29, 0.717) is 42.3 Å². The fourth-order valence-electron chi connectivity index (χ4n) is 7.39. The summed E-state index contributed by atoms with van der Waals surface area (Å²) in [6.45, 7) is 0.598. The standard InChI is InChI=1S/C30H32N2O7/c31-30(38)26-21(34)12-15-10-14-11-19-18(22-9-6-17(39-22)13-32-16-4-2-1-3-5-16)7-8-20(33)25(19)28(36)23(14)27(35)24(15)29(26)37/h6-9,14-16,23-24,26,32-33H,1-5,10-13H2,(H2,31,38). The van der Waals surface area contributed by atoms with Gasteiger partial charge in [0.1, 0.15) is 17.3 Å². The van der Waals surface area contributed by atoms with E-state index in [1.54, 1.807) is 6.07 Å². The molecule has 3 saturated carbocycles. The van der Waals surface area contributed by atoms with Crippen molar-refractivity contribution in [3.8, 4) is 17.1 Å². The molecule has 1 amide bonds. The molecule has 0 saturated heterocycles. The highest BCUT2D eigenvalue weighted by molar-refractivity contribution is 6.27. The number of hydrogen-bond acceptors (Lipinski definition) is 8. The van der Waals surface area contributed by atoms with Crippen LogP contribution in [0.25, 0.3) is 11.3 Å². The van der Waals surface area contributed by atoms with Crippen LogP contribution in [0.5, 0.6) is 5.75 Å². The summed E-state index contributed by atoms with van der Waals surface area (Å²) in [6.07, 6.45) is 6.60. The predicted molar refractivity (Wildman–Crippen MR) is 138 cm³/mol. The number of hydrogen-bond donors (Lipinski definition) is 3. The van der Waals surface area contributed by atoms with Crippen molar-refractivity contribution in [3.63, 3.8) is 0 Å². The van der Waals surface area contributed by atoms with E-state index in [0.717, 1.165) is 18.6 Å². The smallest absolute Gasteiger partial charge is 0.235 e. The molecular formula is C30H32N2O7. The first-order valence-electron chi connectivity index (χ1n) is 13.9. The van der Waals surface area contributed by atoms with Gasteiger partial charge in [0, 0.05) is 18.0 Å². The van der Waals surface area contributed by atoms with Crippen molar-refractivity contribution in [2.24, 2.45) is 35.3 Å². The Morgan fingerprint density at radius 1 is 0.949 bits per heavy atom. The molecule has 4 N–H and O–H groups in total. The van der Waals surface area contributed by atoms with Crippen molar-refractivity contribution in [3.05, 3.63) is 41.2 Å². The molecular weight excluding hydrogens is 500 g/mol. The number of amides is 1. The maximum Gasteiger partial charge on any atom is 0.235 e. The molecule has 1 heterocycles. The lowest BCUT2D eigenvalue weighted by atomic mass is 9.56. The number of Topliss-reactive ketones (excluding diaryl/α,β-unsaturated/α-hetero) is 4. The van der Waals surface area contributed by atoms with Gasteiger partial charge in [0.25, 0.3) is 0 Å². The van der Waals surface area contributed by atoms with Crippen molar-refractivity contribution >= 4 is 29.0 Å². The number of rotatable bonds is 5. The fourth-order valence-corrected chi connectivity index (χ4v) is 7.39. The summed E-state index contributed by atoms with van der Waals surface area (Å²) < 4.78 is 6.15. The Bertz CT molecular complexity index is 1390. The minimum absolute atomic E-state index is 0.0737. The predicted octanol–water partition coefficient (Wildman–Crippen LogP) is 2.89. The maximum atomic E-state index is 13.7. The van der Waals surface area contributed by atoms with E-state index in [9.17, 15) is 29.1 Å². The Morgan fingerprint density at radius 3 is 2.44 bits per heavy atom. The first-order valence-corrected chi connectivity index (χ1v) is 13.9. The van der Waals surface area contributed by atoms with Gasteiger partial charge in [0.15, 0.2) is 29.1 Å². The van der Waals surface area contributed by atoms with Gasteiger partial charge in [-0.05, 0) is 67.3 Å². The van der Waals surface area contributed by atoms with Gasteiger partial charge < -0.3 is 20.6 Å². The highest BCUT2D eigenvalue weighted by atomic mass is 16.3. The largest absolute Gasteiger partial charge is 0.507 e. The number of nitrogens with one attached hydrogen (secondary N) is 1. The average Bonchev–Trinajstić information content (AvgIpc) is 3.36. The van der Waals surface area contributed by atoms with Crippen LogP contribution in [0, 0.1) is 29.6 Å². The number of ketones is 4. The third kappa shape index (κ3) is 4.33. The molecule has 4 aliphatic rings. The molecule has 6 rings (SSSR count). The van der Waals surface area contributed by atoms with Crippen LogP contribution in [0.4, 0.5) is 0 Å². The number of benzene rings is 1. The SMILES string of the molecule is NC(=O)C1C(=O)CC2CC3Cc4c(-c5ccc(CNC6CCCCC6)o5)ccc(O)c4C(=O)C3C(=O)C2C1=O. The van der Waals surface area contributed by atoms with Crippen molar-refractivity contribution in [2.45, 2.75) is 64.0 Å². The van der Waals surface area contributed by atoms with Gasteiger partial charge in [-0.25, -0.2) is 0 Å². The highest BCUT2D eigenvalue weighted by Crippen LogP contribution is 2.49. The summed E-state index contributed by atoms with van der Waals surface area (Å²) in [5.41, 5.74) is 6.64. The third-order valence-electron chi connectivity index (χ3n) is 9.21. The zero-order valence-corrected chi connectivity index (χ0v) is 21.6. The molecule has 3 fully saturated rings. The number of nitrogens with two attached hydrogens (primary N) is 1. The van der Waals surface area contributed by atoms with E-state index in [1.165, 1.54) is 25.3 Å². The Hall–Kier alpha value is -3.59. The highest BCUT2D eigenvalue weighted by Gasteiger charge is 2.57. The van der Waals surface area contributed by atoms with E-state index in [1.807, 2.05) is 12.1 Å². The molecule has 9 heteroatoms. The number of carbonyl (C=O) groups excluding carboxylic acids is 5. The lowest BCUT2D eigenvalue weighted by Crippen LogP contribution is -2.56. The lowest BCUT2D eigenvalue weighted by Gasteiger charge is -2.44. The molecule has 39 heavy (non-hydrogen) atoms. The molecule has 0 aliphatic heterocycles. The van der Waals surface area contributed by atoms with Crippen molar-refractivity contribution < 1.29 is 33.5 Å². The van der Waals surface area contributed by atoms with Gasteiger partial charge in [-0.1, -0.05) is 19.3 Å². The molecule has 1 aromatic carbocycles. The van der Waals surface area contributed by atoms with Gasteiger partial charge in [-0.15, -0.1) is 0 Å². The Labute approximate surface area is 225 Å². The van der Waals surface area contributed by atoms with Crippen LogP contribution in [-0.2, 0) is 32.1 Å². The second kappa shape index (κ2) is 9.86. The third-order valence-corrected chi connectivity index (χ3v) is 9.21. The zero-order chi connectivity index (χ0) is 27.4. The fraction of sp³-hybridized carbons (Fsp3) is 0.500. The van der Waals surface area contributed by atoms with E-state index in [4.69, 9.17) is 10.2 Å². The van der Waals surface area contributed by atoms with Crippen LogP contribution in [0.15, 0.2) is 28.7 Å². The van der Waals surface area contributed by atoms with Gasteiger partial charge in [-0.3, -0.25) is 24.0 Å². The summed E-state index contributed by atoms with van der Waals surface area (Å²) >= 11 is 0. The van der Waals surface area contributed by atoms with Crippen LogP contribution in [0.1, 0.15) is 66.6 Å². The normalized spacial score (nSPS) is 29.1. The van der Waals surface area contributed by atoms with E-state index in [2.05, 4.69) is 5.32 Å². The molecule has 2 aromatic rings. The van der Waals surface area contributed by atoms with Gasteiger partial charge in [0.2, 0.25) is 5.91 Å². The summed E-state index contributed by atoms with van der Waals surface area (Å²) in [4.78, 5) is 64.6. The number of fused-ring (bicyclic) bond motifs is 3.